The fraction of sp³-hybridized carbons (Fsp3) is 0.0769. The molecule has 0 radical (unpaired) electrons. The lowest BCUT2D eigenvalue weighted by Gasteiger charge is -2.13. The Kier molecular flexibility index (Phi) is 4.00. The molecular weight excluding hydrogens is 325 g/mol. The number of hydrogen-bond acceptors (Lipinski definition) is 1. The van der Waals surface area contributed by atoms with E-state index in [2.05, 4.69) is 15.9 Å². The quantitative estimate of drug-likeness (QED) is 0.860. The SMILES string of the molecule is OC(c1ccc(F)c(Br)c1)c1cccc(Cl)c1F. The van der Waals surface area contributed by atoms with Crippen LogP contribution in [-0.2, 0) is 0 Å². The average molecular weight is 334 g/mol. The molecule has 0 saturated heterocycles. The van der Waals surface area contributed by atoms with Gasteiger partial charge in [-0.05, 0) is 39.7 Å². The minimum atomic E-state index is -1.19. The molecule has 0 bridgehead atoms. The summed E-state index contributed by atoms with van der Waals surface area (Å²) in [6, 6.07) is 8.37. The van der Waals surface area contributed by atoms with E-state index in [1.54, 1.807) is 6.07 Å². The van der Waals surface area contributed by atoms with E-state index in [4.69, 9.17) is 11.6 Å². The topological polar surface area (TPSA) is 20.2 Å². The summed E-state index contributed by atoms with van der Waals surface area (Å²) in [5.41, 5.74) is 0.436. The van der Waals surface area contributed by atoms with E-state index in [0.29, 0.717) is 5.56 Å². The van der Waals surface area contributed by atoms with Crippen LogP contribution in [0.25, 0.3) is 0 Å². The Bertz CT molecular complexity index is 589. The zero-order chi connectivity index (χ0) is 13.3. The van der Waals surface area contributed by atoms with Crippen molar-refractivity contribution in [3.8, 4) is 0 Å². The summed E-state index contributed by atoms with van der Waals surface area (Å²) in [6.07, 6.45) is -1.19. The van der Waals surface area contributed by atoms with E-state index in [0.717, 1.165) is 0 Å². The number of aliphatic hydroxyl groups excluding tert-OH is 1. The molecule has 0 spiro atoms. The van der Waals surface area contributed by atoms with E-state index in [1.807, 2.05) is 0 Å². The lowest BCUT2D eigenvalue weighted by molar-refractivity contribution is 0.215. The predicted molar refractivity (Wildman–Crippen MR) is 69.6 cm³/mol. The van der Waals surface area contributed by atoms with Crippen LogP contribution >= 0.6 is 27.5 Å². The second-order valence-corrected chi connectivity index (χ2v) is 4.98. The first-order valence-corrected chi connectivity index (χ1v) is 6.24. The first-order chi connectivity index (χ1) is 8.50. The highest BCUT2D eigenvalue weighted by Gasteiger charge is 2.17. The number of aliphatic hydroxyl groups is 1. The van der Waals surface area contributed by atoms with Gasteiger partial charge in [0.1, 0.15) is 17.7 Å². The molecule has 2 aromatic rings. The molecule has 5 heteroatoms. The molecule has 2 aromatic carbocycles. The maximum absolute atomic E-state index is 13.7. The van der Waals surface area contributed by atoms with E-state index in [9.17, 15) is 13.9 Å². The number of rotatable bonds is 2. The van der Waals surface area contributed by atoms with Crippen molar-refractivity contribution in [2.75, 3.05) is 0 Å². The minimum Gasteiger partial charge on any atom is -0.384 e. The highest BCUT2D eigenvalue weighted by atomic mass is 79.9. The summed E-state index contributed by atoms with van der Waals surface area (Å²) in [5, 5.41) is 10.0. The van der Waals surface area contributed by atoms with Crippen LogP contribution in [0.2, 0.25) is 5.02 Å². The van der Waals surface area contributed by atoms with Crippen molar-refractivity contribution in [2.45, 2.75) is 6.10 Å². The predicted octanol–water partition coefficient (Wildman–Crippen LogP) is 4.46. The molecule has 0 aliphatic heterocycles. The largest absolute Gasteiger partial charge is 0.384 e. The fourth-order valence-corrected chi connectivity index (χ4v) is 2.17. The molecular formula is C13H8BrClF2O. The molecule has 0 fully saturated rings. The van der Waals surface area contributed by atoms with Crippen LogP contribution in [0.3, 0.4) is 0 Å². The van der Waals surface area contributed by atoms with Crippen LogP contribution in [0.5, 0.6) is 0 Å². The fourth-order valence-electron chi connectivity index (χ4n) is 1.59. The monoisotopic (exact) mass is 332 g/mol. The minimum absolute atomic E-state index is 0.0565. The molecule has 0 heterocycles. The van der Waals surface area contributed by atoms with Gasteiger partial charge in [-0.2, -0.15) is 0 Å². The van der Waals surface area contributed by atoms with Gasteiger partial charge in [0.2, 0.25) is 0 Å². The molecule has 94 valence electrons. The second kappa shape index (κ2) is 5.34. The Labute approximate surface area is 116 Å². The zero-order valence-electron chi connectivity index (χ0n) is 9.00. The zero-order valence-corrected chi connectivity index (χ0v) is 11.3. The molecule has 1 unspecified atom stereocenters. The van der Waals surface area contributed by atoms with Crippen molar-refractivity contribution in [1.29, 1.82) is 0 Å². The van der Waals surface area contributed by atoms with Crippen molar-refractivity contribution >= 4 is 27.5 Å². The molecule has 0 saturated carbocycles. The maximum atomic E-state index is 13.7. The molecule has 0 aliphatic rings. The summed E-state index contributed by atoms with van der Waals surface area (Å²) in [4.78, 5) is 0. The number of hydrogen-bond donors (Lipinski definition) is 1. The smallest absolute Gasteiger partial charge is 0.147 e. The molecule has 0 aromatic heterocycles. The number of benzene rings is 2. The molecule has 0 amide bonds. The van der Waals surface area contributed by atoms with E-state index < -0.39 is 17.7 Å². The van der Waals surface area contributed by atoms with E-state index in [1.165, 1.54) is 30.3 Å². The van der Waals surface area contributed by atoms with Crippen LogP contribution in [-0.4, -0.2) is 5.11 Å². The summed E-state index contributed by atoms with van der Waals surface area (Å²) in [6.45, 7) is 0. The van der Waals surface area contributed by atoms with Crippen LogP contribution < -0.4 is 0 Å². The third-order valence-corrected chi connectivity index (χ3v) is 3.44. The van der Waals surface area contributed by atoms with E-state index in [-0.39, 0.29) is 15.1 Å². The summed E-state index contributed by atoms with van der Waals surface area (Å²) in [7, 11) is 0. The third-order valence-electron chi connectivity index (χ3n) is 2.54. The van der Waals surface area contributed by atoms with Gasteiger partial charge < -0.3 is 5.11 Å². The van der Waals surface area contributed by atoms with Crippen LogP contribution in [0.15, 0.2) is 40.9 Å². The Balaban J connectivity index is 2.44. The van der Waals surface area contributed by atoms with Crippen molar-refractivity contribution in [2.24, 2.45) is 0 Å². The first-order valence-electron chi connectivity index (χ1n) is 5.07. The van der Waals surface area contributed by atoms with Gasteiger partial charge in [0, 0.05) is 5.56 Å². The lowest BCUT2D eigenvalue weighted by atomic mass is 10.0. The normalized spacial score (nSPS) is 12.5. The summed E-state index contributed by atoms with van der Waals surface area (Å²) < 4.78 is 27.0. The first kappa shape index (κ1) is 13.5. The van der Waals surface area contributed by atoms with Gasteiger partial charge in [0.05, 0.1) is 9.50 Å². The summed E-state index contributed by atoms with van der Waals surface area (Å²) >= 11 is 8.66. The van der Waals surface area contributed by atoms with Gasteiger partial charge in [-0.1, -0.05) is 29.8 Å². The van der Waals surface area contributed by atoms with Crippen molar-refractivity contribution in [3.63, 3.8) is 0 Å². The Morgan fingerprint density at radius 3 is 2.56 bits per heavy atom. The highest BCUT2D eigenvalue weighted by molar-refractivity contribution is 9.10. The average Bonchev–Trinajstić information content (AvgIpc) is 2.35. The highest BCUT2D eigenvalue weighted by Crippen LogP contribution is 2.29. The van der Waals surface area contributed by atoms with Crippen LogP contribution in [0.4, 0.5) is 8.78 Å². The van der Waals surface area contributed by atoms with Gasteiger partial charge in [-0.3, -0.25) is 0 Å². The van der Waals surface area contributed by atoms with Gasteiger partial charge in [-0.25, -0.2) is 8.78 Å². The van der Waals surface area contributed by atoms with Gasteiger partial charge in [-0.15, -0.1) is 0 Å². The van der Waals surface area contributed by atoms with Crippen LogP contribution in [0, 0.1) is 11.6 Å². The van der Waals surface area contributed by atoms with Gasteiger partial charge >= 0.3 is 0 Å². The molecule has 1 atom stereocenters. The maximum Gasteiger partial charge on any atom is 0.147 e. The summed E-state index contributed by atoms with van der Waals surface area (Å²) in [5.74, 6) is -1.12. The molecule has 18 heavy (non-hydrogen) atoms. The van der Waals surface area contributed by atoms with Gasteiger partial charge in [0.25, 0.3) is 0 Å². The Morgan fingerprint density at radius 2 is 1.89 bits per heavy atom. The third kappa shape index (κ3) is 2.55. The van der Waals surface area contributed by atoms with Crippen molar-refractivity contribution in [1.82, 2.24) is 0 Å². The van der Waals surface area contributed by atoms with Crippen LogP contribution in [0.1, 0.15) is 17.2 Å². The molecule has 1 N–H and O–H groups in total. The Hall–Kier alpha value is -0.970. The Morgan fingerprint density at radius 1 is 1.17 bits per heavy atom. The van der Waals surface area contributed by atoms with Gasteiger partial charge in [0.15, 0.2) is 0 Å². The second-order valence-electron chi connectivity index (χ2n) is 3.72. The van der Waals surface area contributed by atoms with E-state index >= 15 is 0 Å². The molecule has 1 nitrogen and oxygen atoms in total. The van der Waals surface area contributed by atoms with Crippen molar-refractivity contribution < 1.29 is 13.9 Å². The molecule has 2 rings (SSSR count). The standard InChI is InChI=1S/C13H8BrClF2O/c14-9-6-7(4-5-11(9)16)13(18)8-2-1-3-10(15)12(8)17/h1-6,13,18H. The molecule has 0 aliphatic carbocycles. The number of halogens is 4. The van der Waals surface area contributed by atoms with Crippen molar-refractivity contribution in [3.05, 3.63) is 68.7 Å². The lowest BCUT2D eigenvalue weighted by Crippen LogP contribution is -2.03.